The van der Waals surface area contributed by atoms with Gasteiger partial charge in [0.25, 0.3) is 0 Å². The standard InChI is InChI=1S/C35H54N8O5/c1-22(2)36-32(46)43-20-25(19-41-21-26(38-39-41)18-24-14-12-11-13-15-24)28-27(43)16-17-42(28)31(45)29(34(4,5)6)37-30(44)23(3)40(10)33(47)48-35(7,8)9/h11-15,21-23,25,27-29H,16-20H2,1-10H3,(H,36,46)(H,37,44)/t23-,25-,27+,28+,29+/m0/s1. The monoisotopic (exact) mass is 666 g/mol. The Balaban J connectivity index is 1.55. The second kappa shape index (κ2) is 14.5. The molecule has 2 N–H and O–H groups in total. The lowest BCUT2D eigenvalue weighted by molar-refractivity contribution is -0.141. The predicted octanol–water partition coefficient (Wildman–Crippen LogP) is 3.67. The Kier molecular flexibility index (Phi) is 11.1. The van der Waals surface area contributed by atoms with Gasteiger partial charge in [0.2, 0.25) is 11.8 Å². The van der Waals surface area contributed by atoms with Crippen molar-refractivity contribution in [3.63, 3.8) is 0 Å². The molecule has 2 saturated heterocycles. The van der Waals surface area contributed by atoms with E-state index in [1.165, 1.54) is 11.9 Å². The molecule has 13 nitrogen and oxygen atoms in total. The van der Waals surface area contributed by atoms with Crippen molar-refractivity contribution in [2.75, 3.05) is 20.1 Å². The third-order valence-electron chi connectivity index (χ3n) is 8.97. The normalized spacial score (nSPS) is 20.7. The van der Waals surface area contributed by atoms with E-state index < -0.39 is 35.1 Å². The Bertz CT molecular complexity index is 1450. The highest BCUT2D eigenvalue weighted by Crippen LogP contribution is 2.38. The lowest BCUT2D eigenvalue weighted by Crippen LogP contribution is -2.60. The first-order valence-corrected chi connectivity index (χ1v) is 16.9. The molecule has 0 bridgehead atoms. The van der Waals surface area contributed by atoms with Gasteiger partial charge in [-0.25, -0.2) is 9.59 Å². The number of urea groups is 1. The fourth-order valence-electron chi connectivity index (χ4n) is 6.49. The van der Waals surface area contributed by atoms with Crippen LogP contribution in [0.4, 0.5) is 9.59 Å². The van der Waals surface area contributed by atoms with Crippen molar-refractivity contribution in [3.8, 4) is 0 Å². The predicted molar refractivity (Wildman–Crippen MR) is 182 cm³/mol. The Morgan fingerprint density at radius 2 is 1.67 bits per heavy atom. The number of hydrogen-bond donors (Lipinski definition) is 2. The first-order valence-electron chi connectivity index (χ1n) is 16.9. The van der Waals surface area contributed by atoms with E-state index >= 15 is 0 Å². The van der Waals surface area contributed by atoms with E-state index in [1.54, 1.807) is 27.7 Å². The van der Waals surface area contributed by atoms with Crippen molar-refractivity contribution >= 4 is 23.9 Å². The second-order valence-corrected chi connectivity index (χ2v) is 15.6. The number of nitrogens with zero attached hydrogens (tertiary/aromatic N) is 6. The highest BCUT2D eigenvalue weighted by atomic mass is 16.6. The van der Waals surface area contributed by atoms with E-state index in [0.29, 0.717) is 32.5 Å². The van der Waals surface area contributed by atoms with Crippen LogP contribution in [0, 0.1) is 11.3 Å². The number of amides is 5. The number of fused-ring (bicyclic) bond motifs is 1. The van der Waals surface area contributed by atoms with Gasteiger partial charge in [-0.2, -0.15) is 0 Å². The molecule has 2 aliphatic rings. The molecule has 2 fully saturated rings. The summed E-state index contributed by atoms with van der Waals surface area (Å²) >= 11 is 0. The molecule has 0 unspecified atom stereocenters. The molecule has 3 heterocycles. The van der Waals surface area contributed by atoms with Crippen molar-refractivity contribution in [3.05, 3.63) is 47.8 Å². The summed E-state index contributed by atoms with van der Waals surface area (Å²) in [4.78, 5) is 59.0. The molecule has 2 aliphatic heterocycles. The van der Waals surface area contributed by atoms with Gasteiger partial charge in [-0.15, -0.1) is 5.10 Å². The number of likely N-dealkylation sites (tertiary alicyclic amines) is 2. The Morgan fingerprint density at radius 1 is 1.00 bits per heavy atom. The van der Waals surface area contributed by atoms with Crippen LogP contribution in [0.2, 0.25) is 0 Å². The van der Waals surface area contributed by atoms with E-state index in [-0.39, 0.29) is 36.0 Å². The number of benzene rings is 1. The maximum absolute atomic E-state index is 14.5. The number of ether oxygens (including phenoxy) is 1. The van der Waals surface area contributed by atoms with Gasteiger partial charge in [0, 0.05) is 51.3 Å². The van der Waals surface area contributed by atoms with Crippen molar-refractivity contribution in [2.24, 2.45) is 11.3 Å². The van der Waals surface area contributed by atoms with Crippen LogP contribution in [0.3, 0.4) is 0 Å². The number of carbonyl (C=O) groups excluding carboxylic acids is 4. The summed E-state index contributed by atoms with van der Waals surface area (Å²) in [6.45, 7) is 17.8. The van der Waals surface area contributed by atoms with Gasteiger partial charge in [-0.1, -0.05) is 56.3 Å². The smallest absolute Gasteiger partial charge is 0.410 e. The van der Waals surface area contributed by atoms with Crippen LogP contribution in [-0.4, -0.2) is 110 Å². The van der Waals surface area contributed by atoms with E-state index in [4.69, 9.17) is 4.74 Å². The van der Waals surface area contributed by atoms with Gasteiger partial charge in [-0.3, -0.25) is 19.2 Å². The Morgan fingerprint density at radius 3 is 2.27 bits per heavy atom. The lowest BCUT2D eigenvalue weighted by Gasteiger charge is -2.38. The first kappa shape index (κ1) is 36.7. The maximum Gasteiger partial charge on any atom is 0.410 e. The van der Waals surface area contributed by atoms with Crippen molar-refractivity contribution in [1.29, 1.82) is 0 Å². The Labute approximate surface area is 284 Å². The minimum atomic E-state index is -0.879. The number of nitrogens with one attached hydrogen (secondary N) is 2. The summed E-state index contributed by atoms with van der Waals surface area (Å²) in [5.41, 5.74) is 0.614. The highest BCUT2D eigenvalue weighted by Gasteiger charge is 2.53. The summed E-state index contributed by atoms with van der Waals surface area (Å²) in [5, 5.41) is 14.8. The molecule has 5 atom stereocenters. The Hall–Kier alpha value is -4.16. The van der Waals surface area contributed by atoms with E-state index in [2.05, 4.69) is 33.1 Å². The topological polar surface area (TPSA) is 142 Å². The molecule has 1 aromatic carbocycles. The van der Waals surface area contributed by atoms with E-state index in [1.807, 2.05) is 73.5 Å². The number of carbonyl (C=O) groups is 4. The fraction of sp³-hybridized carbons (Fsp3) is 0.657. The molecule has 0 spiro atoms. The van der Waals surface area contributed by atoms with Crippen LogP contribution in [0.25, 0.3) is 0 Å². The van der Waals surface area contributed by atoms with Gasteiger partial charge in [0.05, 0.1) is 17.8 Å². The van der Waals surface area contributed by atoms with Crippen LogP contribution in [0.15, 0.2) is 36.5 Å². The maximum atomic E-state index is 14.5. The molecule has 48 heavy (non-hydrogen) atoms. The highest BCUT2D eigenvalue weighted by molar-refractivity contribution is 5.92. The minimum Gasteiger partial charge on any atom is -0.444 e. The zero-order valence-corrected chi connectivity index (χ0v) is 30.2. The third-order valence-corrected chi connectivity index (χ3v) is 8.97. The summed E-state index contributed by atoms with van der Waals surface area (Å²) in [6, 6.07) is 7.67. The van der Waals surface area contributed by atoms with Gasteiger partial charge >= 0.3 is 12.1 Å². The van der Waals surface area contributed by atoms with Crippen LogP contribution in [-0.2, 0) is 27.3 Å². The van der Waals surface area contributed by atoms with E-state index in [9.17, 15) is 19.2 Å². The quantitative estimate of drug-likeness (QED) is 0.416. The molecule has 0 aliphatic carbocycles. The summed E-state index contributed by atoms with van der Waals surface area (Å²) in [5.74, 6) is -0.781. The van der Waals surface area contributed by atoms with Crippen molar-refractivity contribution in [1.82, 2.24) is 40.3 Å². The molecule has 264 valence electrons. The zero-order chi connectivity index (χ0) is 35.6. The molecule has 2 aromatic rings. The van der Waals surface area contributed by atoms with Crippen molar-refractivity contribution < 1.29 is 23.9 Å². The van der Waals surface area contributed by atoms with E-state index in [0.717, 1.165) is 11.3 Å². The molecule has 0 saturated carbocycles. The molecule has 13 heteroatoms. The largest absolute Gasteiger partial charge is 0.444 e. The average Bonchev–Trinajstić information content (AvgIpc) is 3.70. The molecule has 0 radical (unpaired) electrons. The number of aromatic nitrogens is 3. The number of likely N-dealkylation sites (N-methyl/N-ethyl adjacent to an activating group) is 1. The number of hydrogen-bond acceptors (Lipinski definition) is 7. The van der Waals surface area contributed by atoms with Crippen LogP contribution in [0.1, 0.15) is 80.0 Å². The molecular weight excluding hydrogens is 612 g/mol. The molecule has 4 rings (SSSR count). The van der Waals surface area contributed by atoms with Gasteiger partial charge in [0.1, 0.15) is 17.7 Å². The van der Waals surface area contributed by atoms with Crippen LogP contribution >= 0.6 is 0 Å². The van der Waals surface area contributed by atoms with Gasteiger partial charge < -0.3 is 25.2 Å². The molecular formula is C35H54N8O5. The first-order chi connectivity index (χ1) is 22.4. The van der Waals surface area contributed by atoms with Crippen LogP contribution < -0.4 is 10.6 Å². The fourth-order valence-corrected chi connectivity index (χ4v) is 6.49. The SMILES string of the molecule is CC(C)NC(=O)N1C[C@H](Cn2cc(Cc3ccccc3)nn2)[C@@H]2[C@H]1CCN2C(=O)[C@@H](NC(=O)[C@H](C)N(C)C(=O)OC(C)(C)C)C(C)(C)C. The van der Waals surface area contributed by atoms with Crippen LogP contribution in [0.5, 0.6) is 0 Å². The van der Waals surface area contributed by atoms with Crippen molar-refractivity contribution in [2.45, 2.75) is 118 Å². The van der Waals surface area contributed by atoms with Gasteiger partial charge in [-0.05, 0) is 58.9 Å². The molecule has 1 aromatic heterocycles. The summed E-state index contributed by atoms with van der Waals surface area (Å²) < 4.78 is 7.25. The summed E-state index contributed by atoms with van der Waals surface area (Å²) in [7, 11) is 1.51. The second-order valence-electron chi connectivity index (χ2n) is 15.6. The zero-order valence-electron chi connectivity index (χ0n) is 30.2. The van der Waals surface area contributed by atoms with Gasteiger partial charge in [0.15, 0.2) is 0 Å². The minimum absolute atomic E-state index is 0.0358. The number of rotatable bonds is 9. The average molecular weight is 667 g/mol. The molecule has 5 amide bonds. The summed E-state index contributed by atoms with van der Waals surface area (Å²) in [6.07, 6.45) is 2.58. The lowest BCUT2D eigenvalue weighted by atomic mass is 9.85. The third kappa shape index (κ3) is 8.84.